The van der Waals surface area contributed by atoms with E-state index in [-0.39, 0.29) is 18.0 Å². The van der Waals surface area contributed by atoms with Crippen LogP contribution in [0, 0.1) is 0 Å². The number of urea groups is 2. The Morgan fingerprint density at radius 2 is 1.33 bits per heavy atom. The second kappa shape index (κ2) is 15.9. The molecule has 15 nitrogen and oxygen atoms in total. The van der Waals surface area contributed by atoms with E-state index >= 15 is 0 Å². The molecule has 0 saturated carbocycles. The minimum Gasteiger partial charge on any atom is -0.378 e. The third kappa shape index (κ3) is 8.91. The van der Waals surface area contributed by atoms with Crippen LogP contribution in [0.15, 0.2) is 48.5 Å². The molecule has 6 rings (SSSR count). The van der Waals surface area contributed by atoms with Crippen molar-refractivity contribution in [1.82, 2.24) is 35.4 Å². The van der Waals surface area contributed by atoms with Gasteiger partial charge in [-0.25, -0.2) is 9.59 Å². The molecule has 0 atom stereocenters. The summed E-state index contributed by atoms with van der Waals surface area (Å²) >= 11 is 0. The average Bonchev–Trinajstić information content (AvgIpc) is 3.39. The van der Waals surface area contributed by atoms with Crippen LogP contribution in [0.4, 0.5) is 32.9 Å². The third-order valence-electron chi connectivity index (χ3n) is 8.58. The Kier molecular flexibility index (Phi) is 11.0. The predicted octanol–water partition coefficient (Wildman–Crippen LogP) is 2.69. The highest BCUT2D eigenvalue weighted by Crippen LogP contribution is 2.25. The van der Waals surface area contributed by atoms with E-state index in [1.54, 1.807) is 36.4 Å². The molecule has 0 unspecified atom stereocenters. The minimum atomic E-state index is -0.400. The Hall–Kier alpha value is -5.02. The lowest BCUT2D eigenvalue weighted by Crippen LogP contribution is -2.46. The van der Waals surface area contributed by atoms with Gasteiger partial charge in [0.15, 0.2) is 5.82 Å². The van der Waals surface area contributed by atoms with Crippen LogP contribution in [0.3, 0.4) is 0 Å². The molecule has 49 heavy (non-hydrogen) atoms. The van der Waals surface area contributed by atoms with E-state index in [0.29, 0.717) is 100 Å². The van der Waals surface area contributed by atoms with Crippen molar-refractivity contribution in [1.29, 1.82) is 0 Å². The normalized spacial score (nSPS) is 17.0. The Labute approximate surface area is 286 Å². The van der Waals surface area contributed by atoms with E-state index in [1.165, 1.54) is 0 Å². The molecule has 3 aliphatic heterocycles. The smallest absolute Gasteiger partial charge is 0.323 e. The molecule has 3 aliphatic rings. The number of nitrogens with zero attached hydrogens (tertiary/aromatic N) is 7. The molecule has 0 radical (unpaired) electrons. The van der Waals surface area contributed by atoms with Crippen LogP contribution >= 0.6 is 0 Å². The van der Waals surface area contributed by atoms with Crippen LogP contribution in [0.5, 0.6) is 0 Å². The van der Waals surface area contributed by atoms with Gasteiger partial charge in [0.05, 0.1) is 13.2 Å². The number of nitrogens with one attached hydrogen (secondary N) is 4. The summed E-state index contributed by atoms with van der Waals surface area (Å²) in [5.74, 6) is 1.67. The predicted molar refractivity (Wildman–Crippen MR) is 188 cm³/mol. The average molecular weight is 672 g/mol. The van der Waals surface area contributed by atoms with E-state index in [2.05, 4.69) is 31.1 Å². The first-order chi connectivity index (χ1) is 23.8. The monoisotopic (exact) mass is 671 g/mol. The molecule has 15 heteroatoms. The number of benzene rings is 2. The van der Waals surface area contributed by atoms with Crippen LogP contribution < -0.4 is 31.1 Å². The van der Waals surface area contributed by atoms with Crippen molar-refractivity contribution >= 4 is 41.2 Å². The summed E-state index contributed by atoms with van der Waals surface area (Å²) < 4.78 is 5.56. The fourth-order valence-corrected chi connectivity index (χ4v) is 5.93. The zero-order valence-corrected chi connectivity index (χ0v) is 28.2. The number of hydrogen-bond acceptors (Lipinski definition) is 10. The summed E-state index contributed by atoms with van der Waals surface area (Å²) in [5, 5.41) is 11.9. The molecule has 4 N–H and O–H groups in total. The Balaban J connectivity index is 1.12. The van der Waals surface area contributed by atoms with Crippen LogP contribution in [0.1, 0.15) is 30.6 Å². The summed E-state index contributed by atoms with van der Waals surface area (Å²) in [7, 11) is 0. The molecule has 5 amide bonds. The SMILES string of the molecule is CC(C)NC(=O)N1CCCN(c2nc(-c3ccc(NC(=O)Nc4ccc(C(=O)N5CCNCC5)cc4)cc3)nc(N3CCOCC3)n2)CC1. The maximum atomic E-state index is 12.8. The molecule has 3 fully saturated rings. The number of rotatable bonds is 7. The van der Waals surface area contributed by atoms with Crippen molar-refractivity contribution in [2.45, 2.75) is 26.3 Å². The summed E-state index contributed by atoms with van der Waals surface area (Å²) in [6, 6.07) is 13.9. The zero-order chi connectivity index (χ0) is 34.2. The van der Waals surface area contributed by atoms with Gasteiger partial charge < -0.3 is 45.6 Å². The van der Waals surface area contributed by atoms with Crippen LogP contribution in [0.25, 0.3) is 11.4 Å². The summed E-state index contributed by atoms with van der Waals surface area (Å²) in [6.45, 7) is 11.9. The van der Waals surface area contributed by atoms with E-state index < -0.39 is 6.03 Å². The van der Waals surface area contributed by atoms with Crippen LogP contribution in [-0.2, 0) is 4.74 Å². The fraction of sp³-hybridized carbons (Fsp3) is 0.471. The second-order valence-electron chi connectivity index (χ2n) is 12.6. The lowest BCUT2D eigenvalue weighted by molar-refractivity contribution is 0.0735. The number of aromatic nitrogens is 3. The van der Waals surface area contributed by atoms with Crippen molar-refractivity contribution in [2.24, 2.45) is 0 Å². The molecular formula is C34H45N11O4. The van der Waals surface area contributed by atoms with Gasteiger partial charge in [-0.2, -0.15) is 15.0 Å². The molecular weight excluding hydrogens is 626 g/mol. The number of amides is 5. The van der Waals surface area contributed by atoms with Crippen molar-refractivity contribution < 1.29 is 19.1 Å². The first-order valence-electron chi connectivity index (χ1n) is 17.0. The van der Waals surface area contributed by atoms with Gasteiger partial charge in [-0.15, -0.1) is 0 Å². The highest BCUT2D eigenvalue weighted by atomic mass is 16.5. The van der Waals surface area contributed by atoms with Crippen molar-refractivity contribution in [3.05, 3.63) is 54.1 Å². The molecule has 0 aliphatic carbocycles. The molecule has 0 spiro atoms. The number of carbonyl (C=O) groups excluding carboxylic acids is 3. The molecule has 0 bridgehead atoms. The largest absolute Gasteiger partial charge is 0.378 e. The van der Waals surface area contributed by atoms with E-state index in [4.69, 9.17) is 19.7 Å². The maximum Gasteiger partial charge on any atom is 0.323 e. The first kappa shape index (κ1) is 33.9. The van der Waals surface area contributed by atoms with Crippen molar-refractivity contribution in [3.63, 3.8) is 0 Å². The highest BCUT2D eigenvalue weighted by Gasteiger charge is 2.24. The van der Waals surface area contributed by atoms with Crippen LogP contribution in [0.2, 0.25) is 0 Å². The summed E-state index contributed by atoms with van der Waals surface area (Å²) in [4.78, 5) is 60.7. The Morgan fingerprint density at radius 3 is 1.96 bits per heavy atom. The number of hydrogen-bond donors (Lipinski definition) is 4. The first-order valence-corrected chi connectivity index (χ1v) is 17.0. The fourth-order valence-electron chi connectivity index (χ4n) is 5.93. The third-order valence-corrected chi connectivity index (χ3v) is 8.58. The molecule has 1 aromatic heterocycles. The second-order valence-corrected chi connectivity index (χ2v) is 12.6. The van der Waals surface area contributed by atoms with Gasteiger partial charge >= 0.3 is 12.1 Å². The quantitative estimate of drug-likeness (QED) is 0.294. The molecule has 2 aromatic carbocycles. The highest BCUT2D eigenvalue weighted by molar-refractivity contribution is 6.00. The molecule has 3 saturated heterocycles. The van der Waals surface area contributed by atoms with Gasteiger partial charge in [0, 0.05) is 94.0 Å². The summed E-state index contributed by atoms with van der Waals surface area (Å²) in [5.41, 5.74) is 2.55. The molecule has 260 valence electrons. The van der Waals surface area contributed by atoms with Crippen LogP contribution in [-0.4, -0.2) is 127 Å². The standard InChI is InChI=1S/C34H45N11O4/c1-24(2)36-34(48)45-15-3-14-43(18-19-45)31-39-29(40-32(41-31)44-20-22-49-23-21-44)25-4-8-27(9-5-25)37-33(47)38-28-10-6-26(7-11-28)30(46)42-16-12-35-13-17-42/h4-11,24,35H,3,12-23H2,1-2H3,(H,36,48)(H2,37,38,47). The molecule has 4 heterocycles. The van der Waals surface area contributed by atoms with E-state index in [9.17, 15) is 14.4 Å². The van der Waals surface area contributed by atoms with Gasteiger partial charge in [0.1, 0.15) is 0 Å². The number of carbonyl (C=O) groups is 3. The van der Waals surface area contributed by atoms with E-state index in [0.717, 1.165) is 25.1 Å². The Morgan fingerprint density at radius 1 is 0.714 bits per heavy atom. The topological polar surface area (TPSA) is 160 Å². The minimum absolute atomic E-state index is 0.0100. The van der Waals surface area contributed by atoms with Gasteiger partial charge in [-0.3, -0.25) is 4.79 Å². The van der Waals surface area contributed by atoms with Gasteiger partial charge in [0.25, 0.3) is 5.91 Å². The summed E-state index contributed by atoms with van der Waals surface area (Å²) in [6.07, 6.45) is 0.792. The number of ether oxygens (including phenoxy) is 1. The lowest BCUT2D eigenvalue weighted by Gasteiger charge is -2.28. The van der Waals surface area contributed by atoms with Crippen molar-refractivity contribution in [3.8, 4) is 11.4 Å². The Bertz CT molecular complexity index is 1590. The number of morpholine rings is 1. The molecule has 3 aromatic rings. The van der Waals surface area contributed by atoms with Gasteiger partial charge in [-0.1, -0.05) is 0 Å². The van der Waals surface area contributed by atoms with Crippen molar-refractivity contribution in [2.75, 3.05) is 99.1 Å². The lowest BCUT2D eigenvalue weighted by atomic mass is 10.1. The number of piperazine rings is 1. The van der Waals surface area contributed by atoms with Gasteiger partial charge in [0.2, 0.25) is 11.9 Å². The van der Waals surface area contributed by atoms with Gasteiger partial charge in [-0.05, 0) is 68.8 Å². The maximum absolute atomic E-state index is 12.8. The zero-order valence-electron chi connectivity index (χ0n) is 28.2. The van der Waals surface area contributed by atoms with E-state index in [1.807, 2.05) is 35.8 Å². The number of anilines is 4.